The number of hydrogen-bond acceptors (Lipinski definition) is 7. The number of anilines is 2. The molecule has 3 atom stereocenters. The monoisotopic (exact) mass is 430 g/mol. The van der Waals surface area contributed by atoms with Crippen molar-refractivity contribution < 1.29 is 19.0 Å². The van der Waals surface area contributed by atoms with Gasteiger partial charge in [-0.3, -0.25) is 0 Å². The Kier molecular flexibility index (Phi) is 5.67. The van der Waals surface area contributed by atoms with Crippen LogP contribution in [0.3, 0.4) is 0 Å². The van der Waals surface area contributed by atoms with E-state index < -0.39 is 18.1 Å². The molecule has 0 bridgehead atoms. The van der Waals surface area contributed by atoms with Crippen molar-refractivity contribution in [3.8, 4) is 11.3 Å². The molecule has 1 aromatic carbocycles. The van der Waals surface area contributed by atoms with E-state index in [2.05, 4.69) is 25.6 Å². The molecule has 164 valence electrons. The van der Waals surface area contributed by atoms with Crippen molar-refractivity contribution in [2.24, 2.45) is 0 Å². The van der Waals surface area contributed by atoms with Crippen molar-refractivity contribution in [3.05, 3.63) is 47.9 Å². The Hall–Kier alpha value is -2.98. The third kappa shape index (κ3) is 4.54. The number of aryl methyl sites for hydroxylation is 1. The van der Waals surface area contributed by atoms with Crippen molar-refractivity contribution in [1.29, 1.82) is 0 Å². The lowest BCUT2D eigenvalue weighted by Crippen LogP contribution is -2.48. The lowest BCUT2D eigenvalue weighted by molar-refractivity contribution is -0.112. The Morgan fingerprint density at radius 3 is 2.87 bits per heavy atom. The molecule has 2 aromatic heterocycles. The van der Waals surface area contributed by atoms with Crippen LogP contribution < -0.4 is 5.32 Å². The zero-order chi connectivity index (χ0) is 22.2. The predicted molar refractivity (Wildman–Crippen MR) is 110 cm³/mol. The molecule has 1 aliphatic carbocycles. The molecule has 1 saturated carbocycles. The van der Waals surface area contributed by atoms with Crippen molar-refractivity contribution in [1.82, 2.24) is 25.0 Å². The molecule has 8 nitrogen and oxygen atoms in total. The largest absolute Gasteiger partial charge is 0.388 e. The van der Waals surface area contributed by atoms with Gasteiger partial charge in [-0.1, -0.05) is 5.21 Å². The van der Waals surface area contributed by atoms with Gasteiger partial charge in [0.15, 0.2) is 0 Å². The SMILES string of the molecule is Cc1cc(Nc2nccc(C(F)F)n2)cc(-c2cn(C3CCCC(C)(O)C3O)nn2)c1. The highest BCUT2D eigenvalue weighted by atomic mass is 19.3. The van der Waals surface area contributed by atoms with Crippen molar-refractivity contribution in [3.63, 3.8) is 0 Å². The van der Waals surface area contributed by atoms with E-state index in [4.69, 9.17) is 0 Å². The van der Waals surface area contributed by atoms with Gasteiger partial charge in [0, 0.05) is 17.4 Å². The molecule has 4 rings (SSSR count). The van der Waals surface area contributed by atoms with E-state index in [-0.39, 0.29) is 17.7 Å². The Morgan fingerprint density at radius 2 is 2.10 bits per heavy atom. The molecule has 3 N–H and O–H groups in total. The maximum Gasteiger partial charge on any atom is 0.280 e. The molecule has 0 aliphatic heterocycles. The van der Waals surface area contributed by atoms with Gasteiger partial charge in [-0.05, 0) is 62.9 Å². The minimum atomic E-state index is -2.68. The fourth-order valence-electron chi connectivity index (χ4n) is 3.92. The van der Waals surface area contributed by atoms with E-state index in [9.17, 15) is 19.0 Å². The van der Waals surface area contributed by atoms with Gasteiger partial charge >= 0.3 is 0 Å². The summed E-state index contributed by atoms with van der Waals surface area (Å²) < 4.78 is 27.4. The van der Waals surface area contributed by atoms with E-state index in [0.717, 1.165) is 17.5 Å². The zero-order valence-electron chi connectivity index (χ0n) is 17.2. The van der Waals surface area contributed by atoms with Crippen LogP contribution in [0.25, 0.3) is 11.3 Å². The van der Waals surface area contributed by atoms with E-state index >= 15 is 0 Å². The van der Waals surface area contributed by atoms with E-state index in [0.29, 0.717) is 24.2 Å². The lowest BCUT2D eigenvalue weighted by Gasteiger charge is -2.39. The summed E-state index contributed by atoms with van der Waals surface area (Å²) in [5, 5.41) is 32.3. The van der Waals surface area contributed by atoms with Crippen LogP contribution >= 0.6 is 0 Å². The van der Waals surface area contributed by atoms with Crippen LogP contribution in [0.5, 0.6) is 0 Å². The molecular weight excluding hydrogens is 406 g/mol. The summed E-state index contributed by atoms with van der Waals surface area (Å²) in [4.78, 5) is 7.83. The first-order chi connectivity index (χ1) is 14.7. The summed E-state index contributed by atoms with van der Waals surface area (Å²) in [6, 6.07) is 6.37. The number of rotatable bonds is 5. The summed E-state index contributed by atoms with van der Waals surface area (Å²) >= 11 is 0. The second-order valence-electron chi connectivity index (χ2n) is 8.16. The highest BCUT2D eigenvalue weighted by Gasteiger charge is 2.41. The third-order valence-electron chi connectivity index (χ3n) is 5.56. The van der Waals surface area contributed by atoms with Crippen LogP contribution in [-0.4, -0.2) is 46.9 Å². The van der Waals surface area contributed by atoms with Gasteiger partial charge in [0.05, 0.1) is 17.8 Å². The quantitative estimate of drug-likeness (QED) is 0.568. The molecule has 0 spiro atoms. The van der Waals surface area contributed by atoms with Crippen molar-refractivity contribution in [2.75, 3.05) is 5.32 Å². The molecule has 31 heavy (non-hydrogen) atoms. The smallest absolute Gasteiger partial charge is 0.280 e. The van der Waals surface area contributed by atoms with Gasteiger partial charge in [-0.15, -0.1) is 5.10 Å². The number of hydrogen-bond donors (Lipinski definition) is 3. The van der Waals surface area contributed by atoms with E-state index in [1.54, 1.807) is 23.9 Å². The summed E-state index contributed by atoms with van der Waals surface area (Å²) in [5.74, 6) is 0.0746. The van der Waals surface area contributed by atoms with Crippen molar-refractivity contribution >= 4 is 11.6 Å². The van der Waals surface area contributed by atoms with Crippen LogP contribution in [0.4, 0.5) is 20.4 Å². The number of aliphatic hydroxyl groups excluding tert-OH is 1. The molecule has 2 heterocycles. The molecule has 3 aromatic rings. The summed E-state index contributed by atoms with van der Waals surface area (Å²) in [6.07, 6.45) is 1.41. The fourth-order valence-corrected chi connectivity index (χ4v) is 3.92. The predicted octanol–water partition coefficient (Wildman–Crippen LogP) is 3.56. The zero-order valence-corrected chi connectivity index (χ0v) is 17.2. The molecule has 0 radical (unpaired) electrons. The maximum atomic E-state index is 12.9. The molecule has 3 unspecified atom stereocenters. The minimum Gasteiger partial charge on any atom is -0.388 e. The van der Waals surface area contributed by atoms with Crippen LogP contribution in [0.2, 0.25) is 0 Å². The van der Waals surface area contributed by atoms with Crippen LogP contribution in [0.15, 0.2) is 36.7 Å². The second-order valence-corrected chi connectivity index (χ2v) is 8.16. The maximum absolute atomic E-state index is 12.9. The first kappa shape index (κ1) is 21.3. The number of alkyl halides is 2. The minimum absolute atomic E-state index is 0.0746. The van der Waals surface area contributed by atoms with Gasteiger partial charge in [0.2, 0.25) is 5.95 Å². The summed E-state index contributed by atoms with van der Waals surface area (Å²) in [5.41, 5.74) is 1.37. The van der Waals surface area contributed by atoms with Gasteiger partial charge in [-0.2, -0.15) is 0 Å². The first-order valence-corrected chi connectivity index (χ1v) is 10.1. The molecular formula is C21H24F2N6O2. The normalized spacial score (nSPS) is 23.8. The highest BCUT2D eigenvalue weighted by molar-refractivity contribution is 5.68. The van der Waals surface area contributed by atoms with Crippen LogP contribution in [0, 0.1) is 6.92 Å². The second kappa shape index (κ2) is 8.27. The Bertz CT molecular complexity index is 1070. The molecule has 0 saturated heterocycles. The Balaban J connectivity index is 1.59. The number of benzene rings is 1. The molecule has 0 amide bonds. The van der Waals surface area contributed by atoms with Crippen LogP contribution in [0.1, 0.15) is 49.9 Å². The standard InChI is InChI=1S/C21H24F2N6O2/c1-12-8-13(10-14(9-12)25-20-24-7-5-15(26-20)19(22)23)16-11-29(28-27-16)17-4-3-6-21(2,31)18(17)30/h5,7-11,17-19,30-31H,3-4,6H2,1-2H3,(H,24,25,26). The fraction of sp³-hybridized carbons (Fsp3) is 0.429. The van der Waals surface area contributed by atoms with Gasteiger partial charge in [-0.25, -0.2) is 23.4 Å². The van der Waals surface area contributed by atoms with E-state index in [1.165, 1.54) is 12.3 Å². The summed E-state index contributed by atoms with van der Waals surface area (Å²) in [7, 11) is 0. The van der Waals surface area contributed by atoms with Gasteiger partial charge in [0.1, 0.15) is 17.5 Å². The molecule has 1 aliphatic rings. The number of aliphatic hydroxyl groups is 2. The topological polar surface area (TPSA) is 109 Å². The number of nitrogens with zero attached hydrogens (tertiary/aromatic N) is 5. The van der Waals surface area contributed by atoms with Gasteiger partial charge in [0.25, 0.3) is 6.43 Å². The highest BCUT2D eigenvalue weighted by Crippen LogP contribution is 2.36. The summed E-state index contributed by atoms with van der Waals surface area (Å²) in [6.45, 7) is 3.53. The van der Waals surface area contributed by atoms with Gasteiger partial charge < -0.3 is 15.5 Å². The number of nitrogens with one attached hydrogen (secondary N) is 1. The third-order valence-corrected chi connectivity index (χ3v) is 5.56. The number of halogens is 2. The lowest BCUT2D eigenvalue weighted by atomic mass is 9.80. The Labute approximate surface area is 178 Å². The molecule has 10 heteroatoms. The average Bonchev–Trinajstić information content (AvgIpc) is 3.20. The molecule has 1 fully saturated rings. The van der Waals surface area contributed by atoms with E-state index in [1.807, 2.05) is 19.1 Å². The average molecular weight is 430 g/mol. The Morgan fingerprint density at radius 1 is 1.29 bits per heavy atom. The van der Waals surface area contributed by atoms with Crippen LogP contribution in [-0.2, 0) is 0 Å². The van der Waals surface area contributed by atoms with Crippen molar-refractivity contribution in [2.45, 2.75) is 57.3 Å². The number of aromatic nitrogens is 5. The first-order valence-electron chi connectivity index (χ1n) is 10.1.